The average Bonchev–Trinajstić information content (AvgIpc) is 3.10. The second-order valence-electron chi connectivity index (χ2n) is 6.85. The van der Waals surface area contributed by atoms with Crippen molar-refractivity contribution in [2.45, 2.75) is 50.1 Å². The fraction of sp³-hybridized carbons (Fsp3) is 0.611. The summed E-state index contributed by atoms with van der Waals surface area (Å²) in [5, 5.41) is 3.29. The van der Waals surface area contributed by atoms with Gasteiger partial charge in [0, 0.05) is 17.5 Å². The monoisotopic (exact) mass is 438 g/mol. The van der Waals surface area contributed by atoms with Crippen molar-refractivity contribution >= 4 is 33.4 Å². The van der Waals surface area contributed by atoms with E-state index in [-0.39, 0.29) is 5.69 Å². The van der Waals surface area contributed by atoms with Crippen LogP contribution in [-0.4, -0.2) is 44.2 Å². The van der Waals surface area contributed by atoms with E-state index < -0.39 is 33.7 Å². The molecule has 0 aromatic heterocycles. The number of rotatable bonds is 8. The zero-order valence-corrected chi connectivity index (χ0v) is 17.5. The summed E-state index contributed by atoms with van der Waals surface area (Å²) in [7, 11) is -3.97. The molecule has 1 saturated carbocycles. The number of amides is 1. The second-order valence-corrected chi connectivity index (χ2v) is 10.1. The number of nitrogens with zero attached hydrogens (tertiary/aromatic N) is 1. The molecule has 1 aliphatic rings. The van der Waals surface area contributed by atoms with Gasteiger partial charge in [-0.25, -0.2) is 8.42 Å². The molecular formula is C18H25F3N2O3S2. The smallest absolute Gasteiger partial charge is 0.353 e. The Labute approximate surface area is 168 Å². The summed E-state index contributed by atoms with van der Waals surface area (Å²) in [6.07, 6.45) is 1.05. The van der Waals surface area contributed by atoms with Gasteiger partial charge in [0.05, 0.1) is 17.5 Å². The maximum Gasteiger partial charge on any atom is 0.416 e. The fourth-order valence-electron chi connectivity index (χ4n) is 3.23. The van der Waals surface area contributed by atoms with Crippen LogP contribution < -0.4 is 9.62 Å². The average molecular weight is 439 g/mol. The van der Waals surface area contributed by atoms with Crippen LogP contribution in [0.1, 0.15) is 38.2 Å². The van der Waals surface area contributed by atoms with Crippen LogP contribution in [0, 0.1) is 0 Å². The van der Waals surface area contributed by atoms with Crippen LogP contribution in [0.3, 0.4) is 0 Å². The van der Waals surface area contributed by atoms with E-state index in [1.54, 1.807) is 11.8 Å². The van der Waals surface area contributed by atoms with Crippen LogP contribution in [0.4, 0.5) is 18.9 Å². The molecule has 0 unspecified atom stereocenters. The third kappa shape index (κ3) is 6.30. The Morgan fingerprint density at radius 1 is 1.32 bits per heavy atom. The molecule has 5 nitrogen and oxygen atoms in total. The molecule has 1 aliphatic carbocycles. The number of sulfonamides is 1. The number of anilines is 1. The van der Waals surface area contributed by atoms with E-state index in [4.69, 9.17) is 0 Å². The molecule has 0 spiro atoms. The van der Waals surface area contributed by atoms with Crippen molar-refractivity contribution in [1.82, 2.24) is 5.32 Å². The molecule has 0 radical (unpaired) electrons. The summed E-state index contributed by atoms with van der Waals surface area (Å²) in [5.74, 6) is 0.167. The number of nitrogens with one attached hydrogen (secondary N) is 1. The molecule has 1 amide bonds. The number of thioether (sulfide) groups is 1. The van der Waals surface area contributed by atoms with E-state index in [2.05, 4.69) is 5.32 Å². The number of hydrogen-bond donors (Lipinski definition) is 1. The molecular weight excluding hydrogens is 413 g/mol. The molecule has 0 saturated heterocycles. The second kappa shape index (κ2) is 9.39. The van der Waals surface area contributed by atoms with E-state index in [1.807, 2.05) is 0 Å². The number of hydrogen-bond acceptors (Lipinski definition) is 4. The van der Waals surface area contributed by atoms with Crippen molar-refractivity contribution in [3.05, 3.63) is 29.8 Å². The van der Waals surface area contributed by atoms with Crippen molar-refractivity contribution in [1.29, 1.82) is 0 Å². The largest absolute Gasteiger partial charge is 0.416 e. The Hall–Kier alpha value is -1.42. The highest BCUT2D eigenvalue weighted by molar-refractivity contribution is 7.99. The molecule has 158 valence electrons. The third-order valence-corrected chi connectivity index (χ3v) is 7.20. The lowest BCUT2D eigenvalue weighted by Gasteiger charge is -2.28. The molecule has 1 fully saturated rings. The van der Waals surface area contributed by atoms with Gasteiger partial charge >= 0.3 is 6.18 Å². The Morgan fingerprint density at radius 3 is 2.54 bits per heavy atom. The molecule has 1 atom stereocenters. The fourth-order valence-corrected chi connectivity index (χ4v) is 5.62. The van der Waals surface area contributed by atoms with Crippen LogP contribution in [0.15, 0.2) is 24.3 Å². The Morgan fingerprint density at radius 2 is 1.96 bits per heavy atom. The van der Waals surface area contributed by atoms with Gasteiger partial charge in [0.1, 0.15) is 6.04 Å². The predicted molar refractivity (Wildman–Crippen MR) is 106 cm³/mol. The van der Waals surface area contributed by atoms with E-state index in [0.717, 1.165) is 28.8 Å². The van der Waals surface area contributed by atoms with E-state index in [0.29, 0.717) is 17.5 Å². The quantitative estimate of drug-likeness (QED) is 0.629. The van der Waals surface area contributed by atoms with Crippen LogP contribution in [-0.2, 0) is 21.0 Å². The standard InChI is InChI=1S/C18H25F3N2O3S2/c1-13(17(24)22-10-11-27-16-8-3-4-9-16)23(28(2,25)26)15-7-5-6-14(12-15)18(19,20)21/h5-7,12-13,16H,3-4,8-11H2,1-2H3,(H,22,24)/t13-/m0/s1. The molecule has 28 heavy (non-hydrogen) atoms. The number of carbonyl (C=O) groups excluding carboxylic acids is 1. The first-order chi connectivity index (χ1) is 13.0. The topological polar surface area (TPSA) is 66.5 Å². The number of carbonyl (C=O) groups is 1. The van der Waals surface area contributed by atoms with Gasteiger partial charge in [-0.2, -0.15) is 24.9 Å². The summed E-state index contributed by atoms with van der Waals surface area (Å²) in [6.45, 7) is 1.74. The molecule has 0 heterocycles. The van der Waals surface area contributed by atoms with Gasteiger partial charge in [0.15, 0.2) is 0 Å². The highest BCUT2D eigenvalue weighted by Gasteiger charge is 2.34. The Bertz CT molecular complexity index is 779. The van der Waals surface area contributed by atoms with Crippen molar-refractivity contribution < 1.29 is 26.4 Å². The third-order valence-electron chi connectivity index (χ3n) is 4.57. The van der Waals surface area contributed by atoms with Crippen molar-refractivity contribution in [2.24, 2.45) is 0 Å². The Balaban J connectivity index is 2.06. The summed E-state index contributed by atoms with van der Waals surface area (Å²) >= 11 is 1.78. The number of halogens is 3. The first-order valence-corrected chi connectivity index (χ1v) is 12.0. The van der Waals surface area contributed by atoms with Crippen LogP contribution in [0.2, 0.25) is 0 Å². The minimum atomic E-state index is -4.61. The van der Waals surface area contributed by atoms with Crippen LogP contribution in [0.25, 0.3) is 0 Å². The SMILES string of the molecule is C[C@@H](C(=O)NCCSC1CCCC1)N(c1cccc(C(F)(F)F)c1)S(C)(=O)=O. The van der Waals surface area contributed by atoms with Crippen molar-refractivity contribution in [3.63, 3.8) is 0 Å². The lowest BCUT2D eigenvalue weighted by molar-refractivity contribution is -0.137. The van der Waals surface area contributed by atoms with Gasteiger partial charge in [-0.1, -0.05) is 18.9 Å². The normalized spacial score (nSPS) is 16.8. The number of alkyl halides is 3. The maximum atomic E-state index is 13.0. The summed E-state index contributed by atoms with van der Waals surface area (Å²) in [5.41, 5.74) is -1.17. The maximum absolute atomic E-state index is 13.0. The van der Waals surface area contributed by atoms with Gasteiger partial charge in [-0.3, -0.25) is 9.10 Å². The predicted octanol–water partition coefficient (Wildman–Crippen LogP) is 3.65. The zero-order valence-electron chi connectivity index (χ0n) is 15.8. The minimum absolute atomic E-state index is 0.194. The first-order valence-electron chi connectivity index (χ1n) is 9.06. The van der Waals surface area contributed by atoms with E-state index in [9.17, 15) is 26.4 Å². The van der Waals surface area contributed by atoms with E-state index >= 15 is 0 Å². The molecule has 2 rings (SSSR count). The lowest BCUT2D eigenvalue weighted by Crippen LogP contribution is -2.48. The van der Waals surface area contributed by atoms with Crippen LogP contribution >= 0.6 is 11.8 Å². The van der Waals surface area contributed by atoms with Gasteiger partial charge in [-0.05, 0) is 38.0 Å². The first kappa shape index (κ1) is 22.9. The van der Waals surface area contributed by atoms with Gasteiger partial charge < -0.3 is 5.32 Å². The molecule has 1 aromatic carbocycles. The Kier molecular flexibility index (Phi) is 7.66. The molecule has 0 bridgehead atoms. The van der Waals surface area contributed by atoms with Gasteiger partial charge in [0.25, 0.3) is 0 Å². The van der Waals surface area contributed by atoms with Crippen molar-refractivity contribution in [2.75, 3.05) is 22.9 Å². The van der Waals surface area contributed by atoms with Gasteiger partial charge in [0.2, 0.25) is 15.9 Å². The highest BCUT2D eigenvalue weighted by Crippen LogP contribution is 2.33. The van der Waals surface area contributed by atoms with E-state index in [1.165, 1.54) is 38.7 Å². The summed E-state index contributed by atoms with van der Waals surface area (Å²) in [4.78, 5) is 12.4. The van der Waals surface area contributed by atoms with Crippen LogP contribution in [0.5, 0.6) is 0 Å². The molecule has 0 aliphatic heterocycles. The molecule has 1 aromatic rings. The minimum Gasteiger partial charge on any atom is -0.353 e. The highest BCUT2D eigenvalue weighted by atomic mass is 32.2. The molecule has 1 N–H and O–H groups in total. The van der Waals surface area contributed by atoms with Gasteiger partial charge in [-0.15, -0.1) is 0 Å². The van der Waals surface area contributed by atoms with Crippen molar-refractivity contribution in [3.8, 4) is 0 Å². The summed E-state index contributed by atoms with van der Waals surface area (Å²) in [6, 6.07) is 2.79. The summed E-state index contributed by atoms with van der Waals surface area (Å²) < 4.78 is 64.0. The number of benzene rings is 1. The molecule has 10 heteroatoms. The zero-order chi connectivity index (χ0) is 20.9. The lowest BCUT2D eigenvalue weighted by atomic mass is 10.2.